The summed E-state index contributed by atoms with van der Waals surface area (Å²) in [7, 11) is 1.60. The maximum Gasteiger partial charge on any atom is 0.162 e. The molecular formula is C16H15ClF2O. The highest BCUT2D eigenvalue weighted by atomic mass is 35.5. The molecule has 0 aliphatic rings. The normalized spacial score (nSPS) is 12.2. The Morgan fingerprint density at radius 2 is 1.95 bits per heavy atom. The average molecular weight is 297 g/mol. The molecule has 0 fully saturated rings. The third-order valence-corrected chi connectivity index (χ3v) is 3.62. The zero-order chi connectivity index (χ0) is 14.7. The van der Waals surface area contributed by atoms with E-state index in [0.717, 1.165) is 22.9 Å². The van der Waals surface area contributed by atoms with Crippen LogP contribution in [0.1, 0.15) is 22.1 Å². The van der Waals surface area contributed by atoms with Crippen LogP contribution in [-0.4, -0.2) is 7.11 Å². The Morgan fingerprint density at radius 1 is 1.20 bits per heavy atom. The fourth-order valence-electron chi connectivity index (χ4n) is 2.11. The van der Waals surface area contributed by atoms with Crippen LogP contribution in [0.2, 0.25) is 0 Å². The van der Waals surface area contributed by atoms with E-state index < -0.39 is 17.0 Å². The minimum Gasteiger partial charge on any atom is -0.496 e. The number of hydrogen-bond donors (Lipinski definition) is 0. The van der Waals surface area contributed by atoms with Crippen LogP contribution in [0.25, 0.3) is 0 Å². The molecule has 4 heteroatoms. The maximum atomic E-state index is 13.6. The second-order valence-corrected chi connectivity index (χ2v) is 5.14. The van der Waals surface area contributed by atoms with Gasteiger partial charge in [0.05, 0.1) is 12.5 Å². The van der Waals surface area contributed by atoms with Gasteiger partial charge in [-0.25, -0.2) is 8.78 Å². The predicted octanol–water partition coefficient (Wildman–Crippen LogP) is 4.80. The number of ether oxygens (including phenoxy) is 1. The number of halogens is 3. The molecule has 0 radical (unpaired) electrons. The van der Waals surface area contributed by atoms with Gasteiger partial charge < -0.3 is 4.74 Å². The van der Waals surface area contributed by atoms with Crippen molar-refractivity contribution in [2.24, 2.45) is 0 Å². The van der Waals surface area contributed by atoms with Gasteiger partial charge in [0.15, 0.2) is 11.6 Å². The summed E-state index contributed by atoms with van der Waals surface area (Å²) < 4.78 is 32.0. The van der Waals surface area contributed by atoms with E-state index in [9.17, 15) is 8.78 Å². The molecule has 0 spiro atoms. The molecule has 1 nitrogen and oxygen atoms in total. The average Bonchev–Trinajstić information content (AvgIpc) is 2.43. The quantitative estimate of drug-likeness (QED) is 0.736. The molecule has 0 N–H and O–H groups in total. The van der Waals surface area contributed by atoms with Crippen LogP contribution in [0.4, 0.5) is 8.78 Å². The van der Waals surface area contributed by atoms with Gasteiger partial charge in [0.2, 0.25) is 0 Å². The summed E-state index contributed by atoms with van der Waals surface area (Å²) >= 11 is 6.30. The van der Waals surface area contributed by atoms with Gasteiger partial charge in [0, 0.05) is 0 Å². The molecule has 0 amide bonds. The summed E-state index contributed by atoms with van der Waals surface area (Å²) in [5.41, 5.74) is 2.09. The highest BCUT2D eigenvalue weighted by Crippen LogP contribution is 2.29. The van der Waals surface area contributed by atoms with Gasteiger partial charge in [-0.15, -0.1) is 11.6 Å². The first-order valence-electron chi connectivity index (χ1n) is 6.24. The Morgan fingerprint density at radius 3 is 2.60 bits per heavy atom. The number of alkyl halides is 1. The van der Waals surface area contributed by atoms with Crippen molar-refractivity contribution < 1.29 is 13.5 Å². The zero-order valence-electron chi connectivity index (χ0n) is 11.3. The standard InChI is InChI=1S/C16H15ClF2O/c1-10-8-11(6-7-15(10)20-2)13(17)9-12-4-3-5-14(18)16(12)19/h3-8,13H,9H2,1-2H3. The largest absolute Gasteiger partial charge is 0.496 e. The van der Waals surface area contributed by atoms with Crippen LogP contribution >= 0.6 is 11.6 Å². The molecule has 0 aliphatic carbocycles. The van der Waals surface area contributed by atoms with E-state index in [1.54, 1.807) is 13.2 Å². The van der Waals surface area contributed by atoms with Crippen molar-refractivity contribution in [2.75, 3.05) is 7.11 Å². The summed E-state index contributed by atoms with van der Waals surface area (Å²) in [5.74, 6) is -0.907. The van der Waals surface area contributed by atoms with Crippen molar-refractivity contribution in [1.82, 2.24) is 0 Å². The molecule has 20 heavy (non-hydrogen) atoms. The lowest BCUT2D eigenvalue weighted by molar-refractivity contribution is 0.411. The fraction of sp³-hybridized carbons (Fsp3) is 0.250. The van der Waals surface area contributed by atoms with Crippen molar-refractivity contribution in [3.8, 4) is 5.75 Å². The molecule has 0 saturated carbocycles. The first-order valence-corrected chi connectivity index (χ1v) is 6.68. The van der Waals surface area contributed by atoms with Crippen LogP contribution in [0.5, 0.6) is 5.75 Å². The van der Waals surface area contributed by atoms with Crippen molar-refractivity contribution in [1.29, 1.82) is 0 Å². The van der Waals surface area contributed by atoms with E-state index in [1.165, 1.54) is 6.07 Å². The lowest BCUT2D eigenvalue weighted by atomic mass is 10.0. The van der Waals surface area contributed by atoms with Crippen LogP contribution in [0, 0.1) is 18.6 Å². The Bertz CT molecular complexity index is 613. The molecular weight excluding hydrogens is 282 g/mol. The van der Waals surface area contributed by atoms with Gasteiger partial charge in [-0.1, -0.05) is 24.3 Å². The Balaban J connectivity index is 2.21. The number of benzene rings is 2. The molecule has 2 rings (SSSR count). The molecule has 0 heterocycles. The number of aryl methyl sites for hydroxylation is 1. The van der Waals surface area contributed by atoms with E-state index >= 15 is 0 Å². The van der Waals surface area contributed by atoms with Gasteiger partial charge in [-0.3, -0.25) is 0 Å². The summed E-state index contributed by atoms with van der Waals surface area (Å²) in [5, 5.41) is -0.420. The first kappa shape index (κ1) is 14.8. The second kappa shape index (κ2) is 6.23. The second-order valence-electron chi connectivity index (χ2n) is 4.61. The lowest BCUT2D eigenvalue weighted by Crippen LogP contribution is -2.01. The number of hydrogen-bond acceptors (Lipinski definition) is 1. The highest BCUT2D eigenvalue weighted by Gasteiger charge is 2.15. The van der Waals surface area contributed by atoms with Crippen LogP contribution in [0.15, 0.2) is 36.4 Å². The predicted molar refractivity (Wildman–Crippen MR) is 76.4 cm³/mol. The van der Waals surface area contributed by atoms with Crippen molar-refractivity contribution >= 4 is 11.6 Å². The van der Waals surface area contributed by atoms with Crippen molar-refractivity contribution in [2.45, 2.75) is 18.7 Å². The number of rotatable bonds is 4. The molecule has 2 aromatic rings. The van der Waals surface area contributed by atoms with Gasteiger partial charge >= 0.3 is 0 Å². The minimum absolute atomic E-state index is 0.233. The maximum absolute atomic E-state index is 13.6. The van der Waals surface area contributed by atoms with E-state index in [2.05, 4.69) is 0 Å². The molecule has 0 aliphatic heterocycles. The van der Waals surface area contributed by atoms with E-state index in [0.29, 0.717) is 0 Å². The molecule has 1 unspecified atom stereocenters. The minimum atomic E-state index is -0.850. The third-order valence-electron chi connectivity index (χ3n) is 3.21. The summed E-state index contributed by atoms with van der Waals surface area (Å²) in [4.78, 5) is 0. The zero-order valence-corrected chi connectivity index (χ0v) is 12.0. The number of methoxy groups -OCH3 is 1. The van der Waals surface area contributed by atoms with E-state index in [-0.39, 0.29) is 12.0 Å². The Labute approximate surface area is 122 Å². The van der Waals surface area contributed by atoms with E-state index in [4.69, 9.17) is 16.3 Å². The molecule has 0 aromatic heterocycles. The summed E-state index contributed by atoms with van der Waals surface area (Å²) in [6.45, 7) is 1.91. The van der Waals surface area contributed by atoms with Gasteiger partial charge in [0.1, 0.15) is 5.75 Å². The Hall–Kier alpha value is -1.61. The fourth-order valence-corrected chi connectivity index (χ4v) is 2.42. The lowest BCUT2D eigenvalue weighted by Gasteiger charge is -2.13. The monoisotopic (exact) mass is 296 g/mol. The molecule has 106 valence electrons. The summed E-state index contributed by atoms with van der Waals surface area (Å²) in [6.07, 6.45) is 0.233. The SMILES string of the molecule is COc1ccc(C(Cl)Cc2cccc(F)c2F)cc1C. The molecule has 2 aromatic carbocycles. The third kappa shape index (κ3) is 3.10. The van der Waals surface area contributed by atoms with Gasteiger partial charge in [-0.05, 0) is 42.2 Å². The van der Waals surface area contributed by atoms with Crippen LogP contribution < -0.4 is 4.74 Å². The van der Waals surface area contributed by atoms with Gasteiger partial charge in [-0.2, -0.15) is 0 Å². The highest BCUT2D eigenvalue weighted by molar-refractivity contribution is 6.20. The van der Waals surface area contributed by atoms with Crippen LogP contribution in [0.3, 0.4) is 0 Å². The topological polar surface area (TPSA) is 9.23 Å². The molecule has 0 bridgehead atoms. The smallest absolute Gasteiger partial charge is 0.162 e. The van der Waals surface area contributed by atoms with E-state index in [1.807, 2.05) is 25.1 Å². The molecule has 1 atom stereocenters. The van der Waals surface area contributed by atoms with Crippen LogP contribution in [-0.2, 0) is 6.42 Å². The van der Waals surface area contributed by atoms with Crippen molar-refractivity contribution in [3.05, 3.63) is 64.7 Å². The molecule has 0 saturated heterocycles. The van der Waals surface area contributed by atoms with Crippen molar-refractivity contribution in [3.63, 3.8) is 0 Å². The van der Waals surface area contributed by atoms with Gasteiger partial charge in [0.25, 0.3) is 0 Å². The summed E-state index contributed by atoms with van der Waals surface area (Å²) in [6, 6.07) is 9.68. The Kier molecular flexibility index (Phi) is 4.61. The first-order chi connectivity index (χ1) is 9.52.